The average Bonchev–Trinajstić information content (AvgIpc) is 2.60. The van der Waals surface area contributed by atoms with Crippen LogP contribution in [-0.4, -0.2) is 30.9 Å². The van der Waals surface area contributed by atoms with Gasteiger partial charge in [-0.05, 0) is 51.1 Å². The van der Waals surface area contributed by atoms with Crippen molar-refractivity contribution in [3.05, 3.63) is 60.2 Å². The Hall–Kier alpha value is -2.82. The lowest BCUT2D eigenvalue weighted by atomic mass is 10.1. The van der Waals surface area contributed by atoms with Gasteiger partial charge in [-0.1, -0.05) is 24.3 Å². The number of hydrogen-bond donors (Lipinski definition) is 2. The van der Waals surface area contributed by atoms with Gasteiger partial charge in [0.15, 0.2) is 0 Å². The van der Waals surface area contributed by atoms with Crippen molar-refractivity contribution in [3.8, 4) is 0 Å². The van der Waals surface area contributed by atoms with Gasteiger partial charge in [0.25, 0.3) is 5.91 Å². The first-order chi connectivity index (χ1) is 12.0. The SMILES string of the molecule is CCN(CC(=O)Nc1cccc(C(=O)NC(C)C)c1)c1ccccc1. The van der Waals surface area contributed by atoms with E-state index in [-0.39, 0.29) is 24.4 Å². The lowest BCUT2D eigenvalue weighted by Crippen LogP contribution is -2.33. The summed E-state index contributed by atoms with van der Waals surface area (Å²) in [6, 6.07) is 16.8. The van der Waals surface area contributed by atoms with Crippen LogP contribution in [0.1, 0.15) is 31.1 Å². The zero-order valence-electron chi connectivity index (χ0n) is 15.0. The number of nitrogens with one attached hydrogen (secondary N) is 2. The zero-order chi connectivity index (χ0) is 18.2. The van der Waals surface area contributed by atoms with Crippen molar-refractivity contribution in [2.75, 3.05) is 23.3 Å². The predicted molar refractivity (Wildman–Crippen MR) is 102 cm³/mol. The highest BCUT2D eigenvalue weighted by Gasteiger charge is 2.12. The molecule has 0 spiro atoms. The second-order valence-electron chi connectivity index (χ2n) is 6.11. The molecule has 2 N–H and O–H groups in total. The van der Waals surface area contributed by atoms with E-state index in [2.05, 4.69) is 10.6 Å². The van der Waals surface area contributed by atoms with E-state index in [1.807, 2.05) is 56.0 Å². The van der Waals surface area contributed by atoms with Crippen molar-refractivity contribution >= 4 is 23.2 Å². The van der Waals surface area contributed by atoms with E-state index in [0.717, 1.165) is 12.2 Å². The van der Waals surface area contributed by atoms with E-state index in [1.165, 1.54) is 0 Å². The number of rotatable bonds is 7. The van der Waals surface area contributed by atoms with Crippen molar-refractivity contribution in [2.45, 2.75) is 26.8 Å². The van der Waals surface area contributed by atoms with Gasteiger partial charge < -0.3 is 15.5 Å². The van der Waals surface area contributed by atoms with E-state index in [1.54, 1.807) is 24.3 Å². The molecular weight excluding hydrogens is 314 g/mol. The van der Waals surface area contributed by atoms with Crippen LogP contribution in [0.5, 0.6) is 0 Å². The number of hydrogen-bond acceptors (Lipinski definition) is 3. The fourth-order valence-corrected chi connectivity index (χ4v) is 2.48. The monoisotopic (exact) mass is 339 g/mol. The molecule has 0 heterocycles. The summed E-state index contributed by atoms with van der Waals surface area (Å²) in [6.45, 7) is 6.81. The first-order valence-corrected chi connectivity index (χ1v) is 8.50. The van der Waals surface area contributed by atoms with Gasteiger partial charge in [-0.3, -0.25) is 9.59 Å². The summed E-state index contributed by atoms with van der Waals surface area (Å²) in [6.07, 6.45) is 0. The minimum absolute atomic E-state index is 0.0646. The normalized spacial score (nSPS) is 10.4. The summed E-state index contributed by atoms with van der Waals surface area (Å²) in [5.41, 5.74) is 2.15. The second-order valence-corrected chi connectivity index (χ2v) is 6.11. The molecule has 5 nitrogen and oxygen atoms in total. The second kappa shape index (κ2) is 8.87. The molecule has 132 valence electrons. The molecule has 0 unspecified atom stereocenters. The molecular formula is C20H25N3O2. The zero-order valence-corrected chi connectivity index (χ0v) is 15.0. The first kappa shape index (κ1) is 18.5. The molecule has 2 aromatic rings. The van der Waals surface area contributed by atoms with E-state index in [4.69, 9.17) is 0 Å². The Bertz CT molecular complexity index is 714. The number of nitrogens with zero attached hydrogens (tertiary/aromatic N) is 1. The lowest BCUT2D eigenvalue weighted by Gasteiger charge is -2.22. The number of benzene rings is 2. The maximum atomic E-state index is 12.4. The Labute approximate surface area is 149 Å². The Balaban J connectivity index is 2.01. The fraction of sp³-hybridized carbons (Fsp3) is 0.300. The summed E-state index contributed by atoms with van der Waals surface area (Å²) >= 11 is 0. The standard InChI is InChI=1S/C20H25N3O2/c1-4-23(18-11-6-5-7-12-18)14-19(24)22-17-10-8-9-16(13-17)20(25)21-15(2)3/h5-13,15H,4,14H2,1-3H3,(H,21,25)(H,22,24). The van der Waals surface area contributed by atoms with Gasteiger partial charge in [0, 0.05) is 29.5 Å². The molecule has 0 atom stereocenters. The van der Waals surface area contributed by atoms with Crippen molar-refractivity contribution in [1.82, 2.24) is 5.32 Å². The fourth-order valence-electron chi connectivity index (χ4n) is 2.48. The van der Waals surface area contributed by atoms with Crippen LogP contribution in [0.2, 0.25) is 0 Å². The summed E-state index contributed by atoms with van der Waals surface area (Å²) in [5.74, 6) is -0.266. The molecule has 0 aliphatic rings. The van der Waals surface area contributed by atoms with Crippen molar-refractivity contribution in [1.29, 1.82) is 0 Å². The van der Waals surface area contributed by atoms with Crippen LogP contribution >= 0.6 is 0 Å². The van der Waals surface area contributed by atoms with Gasteiger partial charge in [0.2, 0.25) is 5.91 Å². The Morgan fingerprint density at radius 1 is 1.04 bits per heavy atom. The van der Waals surface area contributed by atoms with Crippen LogP contribution < -0.4 is 15.5 Å². The lowest BCUT2D eigenvalue weighted by molar-refractivity contribution is -0.115. The topological polar surface area (TPSA) is 61.4 Å². The molecule has 0 aliphatic carbocycles. The average molecular weight is 339 g/mol. The number of para-hydroxylation sites is 1. The van der Waals surface area contributed by atoms with Gasteiger partial charge in [-0.2, -0.15) is 0 Å². The van der Waals surface area contributed by atoms with Crippen LogP contribution in [0.15, 0.2) is 54.6 Å². The number of likely N-dealkylation sites (N-methyl/N-ethyl adjacent to an activating group) is 1. The molecule has 0 bridgehead atoms. The maximum Gasteiger partial charge on any atom is 0.251 e. The van der Waals surface area contributed by atoms with Crippen LogP contribution in [0.3, 0.4) is 0 Å². The molecule has 2 rings (SSSR count). The van der Waals surface area contributed by atoms with Gasteiger partial charge in [0.05, 0.1) is 6.54 Å². The molecule has 0 saturated heterocycles. The van der Waals surface area contributed by atoms with Crippen molar-refractivity contribution < 1.29 is 9.59 Å². The van der Waals surface area contributed by atoms with E-state index >= 15 is 0 Å². The smallest absolute Gasteiger partial charge is 0.251 e. The third-order valence-corrected chi connectivity index (χ3v) is 3.67. The first-order valence-electron chi connectivity index (χ1n) is 8.50. The van der Waals surface area contributed by atoms with E-state index < -0.39 is 0 Å². The van der Waals surface area contributed by atoms with Crippen molar-refractivity contribution in [2.24, 2.45) is 0 Å². The number of amides is 2. The minimum Gasteiger partial charge on any atom is -0.362 e. The molecule has 0 saturated carbocycles. The summed E-state index contributed by atoms with van der Waals surface area (Å²) in [4.78, 5) is 26.4. The third kappa shape index (κ3) is 5.64. The molecule has 0 radical (unpaired) electrons. The highest BCUT2D eigenvalue weighted by atomic mass is 16.2. The molecule has 0 aliphatic heterocycles. The number of carbonyl (C=O) groups is 2. The van der Waals surface area contributed by atoms with Crippen LogP contribution in [0, 0.1) is 0 Å². The number of anilines is 2. The van der Waals surface area contributed by atoms with Crippen molar-refractivity contribution in [3.63, 3.8) is 0 Å². The summed E-state index contributed by atoms with van der Waals surface area (Å²) < 4.78 is 0. The molecule has 5 heteroatoms. The van der Waals surface area contributed by atoms with Crippen LogP contribution in [0.25, 0.3) is 0 Å². The predicted octanol–water partition coefficient (Wildman–Crippen LogP) is 3.29. The van der Waals surface area contributed by atoms with Crippen LogP contribution in [-0.2, 0) is 4.79 Å². The van der Waals surface area contributed by atoms with Gasteiger partial charge >= 0.3 is 0 Å². The molecule has 0 fully saturated rings. The Kier molecular flexibility index (Phi) is 6.57. The van der Waals surface area contributed by atoms with Gasteiger partial charge in [-0.15, -0.1) is 0 Å². The number of carbonyl (C=O) groups excluding carboxylic acids is 2. The van der Waals surface area contributed by atoms with Crippen LogP contribution in [0.4, 0.5) is 11.4 Å². The molecule has 2 amide bonds. The highest BCUT2D eigenvalue weighted by Crippen LogP contribution is 2.14. The third-order valence-electron chi connectivity index (χ3n) is 3.67. The van der Waals surface area contributed by atoms with E-state index in [9.17, 15) is 9.59 Å². The largest absolute Gasteiger partial charge is 0.362 e. The summed E-state index contributed by atoms with van der Waals surface area (Å²) in [7, 11) is 0. The quantitative estimate of drug-likeness (QED) is 0.814. The van der Waals surface area contributed by atoms with E-state index in [0.29, 0.717) is 11.3 Å². The Morgan fingerprint density at radius 3 is 2.40 bits per heavy atom. The molecule has 25 heavy (non-hydrogen) atoms. The maximum absolute atomic E-state index is 12.4. The van der Waals surface area contributed by atoms with Gasteiger partial charge in [0.1, 0.15) is 0 Å². The Morgan fingerprint density at radius 2 is 1.76 bits per heavy atom. The summed E-state index contributed by atoms with van der Waals surface area (Å²) in [5, 5.41) is 5.71. The molecule has 0 aromatic heterocycles. The molecule has 2 aromatic carbocycles. The highest BCUT2D eigenvalue weighted by molar-refractivity contribution is 5.98. The minimum atomic E-state index is -0.148. The van der Waals surface area contributed by atoms with Gasteiger partial charge in [-0.25, -0.2) is 0 Å².